The molecule has 0 unspecified atom stereocenters. The molecule has 0 saturated carbocycles. The molecule has 13 heavy (non-hydrogen) atoms. The third-order valence-electron chi connectivity index (χ3n) is 1.35. The molecule has 3 nitrogen and oxygen atoms in total. The van der Waals surface area contributed by atoms with E-state index in [1.165, 1.54) is 0 Å². The Morgan fingerprint density at radius 1 is 1.00 bits per heavy atom. The summed E-state index contributed by atoms with van der Waals surface area (Å²) in [5.41, 5.74) is 0.227. The lowest BCUT2D eigenvalue weighted by molar-refractivity contribution is 0.0166. The standard InChI is InChI=1S/C10H22O3/c1-10(2,3)9-13-8-7-12-6-4-5-11/h11H,4-9H2,1-3H3. The van der Waals surface area contributed by atoms with Crippen LogP contribution in [0, 0.1) is 5.41 Å². The van der Waals surface area contributed by atoms with Crippen molar-refractivity contribution in [3.63, 3.8) is 0 Å². The summed E-state index contributed by atoms with van der Waals surface area (Å²) in [7, 11) is 0. The monoisotopic (exact) mass is 190 g/mol. The van der Waals surface area contributed by atoms with E-state index in [9.17, 15) is 0 Å². The molecule has 0 aliphatic rings. The van der Waals surface area contributed by atoms with Crippen molar-refractivity contribution in [3.8, 4) is 0 Å². The van der Waals surface area contributed by atoms with Crippen LogP contribution in [0.3, 0.4) is 0 Å². The molecule has 80 valence electrons. The second-order valence-corrected chi connectivity index (χ2v) is 4.30. The number of ether oxygens (including phenoxy) is 2. The summed E-state index contributed by atoms with van der Waals surface area (Å²) in [5, 5.41) is 8.46. The highest BCUT2D eigenvalue weighted by Crippen LogP contribution is 2.12. The maximum atomic E-state index is 8.46. The van der Waals surface area contributed by atoms with Gasteiger partial charge in [0.15, 0.2) is 0 Å². The van der Waals surface area contributed by atoms with Crippen molar-refractivity contribution in [2.75, 3.05) is 33.0 Å². The summed E-state index contributed by atoms with van der Waals surface area (Å²) < 4.78 is 10.6. The Morgan fingerprint density at radius 2 is 1.62 bits per heavy atom. The van der Waals surface area contributed by atoms with Crippen LogP contribution in [-0.4, -0.2) is 38.1 Å². The quantitative estimate of drug-likeness (QED) is 0.617. The fourth-order valence-corrected chi connectivity index (χ4v) is 0.765. The number of rotatable bonds is 7. The first-order valence-corrected chi connectivity index (χ1v) is 4.82. The SMILES string of the molecule is CC(C)(C)COCCOCCCO. The van der Waals surface area contributed by atoms with Crippen molar-refractivity contribution in [1.29, 1.82) is 0 Å². The third kappa shape index (κ3) is 11.9. The number of aliphatic hydroxyl groups excluding tert-OH is 1. The van der Waals surface area contributed by atoms with Crippen LogP contribution < -0.4 is 0 Å². The van der Waals surface area contributed by atoms with E-state index < -0.39 is 0 Å². The van der Waals surface area contributed by atoms with E-state index in [0.29, 0.717) is 26.2 Å². The molecule has 0 fully saturated rings. The average Bonchev–Trinajstić information content (AvgIpc) is 2.01. The Labute approximate surface area is 81.0 Å². The lowest BCUT2D eigenvalue weighted by atomic mass is 9.99. The molecule has 0 aromatic carbocycles. The van der Waals surface area contributed by atoms with E-state index in [1.807, 2.05) is 0 Å². The van der Waals surface area contributed by atoms with Crippen LogP contribution in [0.4, 0.5) is 0 Å². The molecule has 0 saturated heterocycles. The molecule has 0 aliphatic carbocycles. The van der Waals surface area contributed by atoms with Gasteiger partial charge in [-0.1, -0.05) is 20.8 Å². The van der Waals surface area contributed by atoms with Crippen LogP contribution in [0.2, 0.25) is 0 Å². The van der Waals surface area contributed by atoms with Gasteiger partial charge in [0.2, 0.25) is 0 Å². The first kappa shape index (κ1) is 12.9. The van der Waals surface area contributed by atoms with Gasteiger partial charge in [-0.05, 0) is 11.8 Å². The zero-order chi connectivity index (χ0) is 10.2. The molecule has 0 bridgehead atoms. The number of aliphatic hydroxyl groups is 1. The van der Waals surface area contributed by atoms with Crippen molar-refractivity contribution >= 4 is 0 Å². The molecule has 0 aliphatic heterocycles. The topological polar surface area (TPSA) is 38.7 Å². The molecule has 3 heteroatoms. The lowest BCUT2D eigenvalue weighted by Gasteiger charge is -2.17. The van der Waals surface area contributed by atoms with E-state index in [1.54, 1.807) is 0 Å². The summed E-state index contributed by atoms with van der Waals surface area (Å²) in [6.07, 6.45) is 0.708. The van der Waals surface area contributed by atoms with Crippen LogP contribution in [0.15, 0.2) is 0 Å². The molecule has 0 atom stereocenters. The normalized spacial score (nSPS) is 12.0. The maximum Gasteiger partial charge on any atom is 0.0700 e. The highest BCUT2D eigenvalue weighted by Gasteiger charge is 2.09. The maximum absolute atomic E-state index is 8.46. The predicted molar refractivity (Wildman–Crippen MR) is 52.8 cm³/mol. The molecular formula is C10H22O3. The number of hydrogen-bond acceptors (Lipinski definition) is 3. The molecule has 0 amide bonds. The Hall–Kier alpha value is -0.120. The highest BCUT2D eigenvalue weighted by atomic mass is 16.5. The molecule has 0 heterocycles. The second kappa shape index (κ2) is 7.30. The smallest absolute Gasteiger partial charge is 0.0700 e. The van der Waals surface area contributed by atoms with E-state index in [-0.39, 0.29) is 12.0 Å². The minimum atomic E-state index is 0.197. The molecular weight excluding hydrogens is 168 g/mol. The molecule has 0 aromatic heterocycles. The lowest BCUT2D eigenvalue weighted by Crippen LogP contribution is -2.17. The van der Waals surface area contributed by atoms with Crippen molar-refractivity contribution in [3.05, 3.63) is 0 Å². The van der Waals surface area contributed by atoms with Crippen molar-refractivity contribution in [2.45, 2.75) is 27.2 Å². The Balaban J connectivity index is 3.00. The van der Waals surface area contributed by atoms with Gasteiger partial charge in [-0.3, -0.25) is 0 Å². The molecule has 0 aromatic rings. The number of hydrogen-bond donors (Lipinski definition) is 1. The van der Waals surface area contributed by atoms with Crippen molar-refractivity contribution < 1.29 is 14.6 Å². The predicted octanol–water partition coefficient (Wildman–Crippen LogP) is 1.45. The highest BCUT2D eigenvalue weighted by molar-refractivity contribution is 4.58. The summed E-state index contributed by atoms with van der Waals surface area (Å²) in [5.74, 6) is 0. The molecule has 0 radical (unpaired) electrons. The van der Waals surface area contributed by atoms with Gasteiger partial charge in [0.25, 0.3) is 0 Å². The summed E-state index contributed by atoms with van der Waals surface area (Å²) in [6, 6.07) is 0. The first-order valence-electron chi connectivity index (χ1n) is 4.82. The van der Waals surface area contributed by atoms with Gasteiger partial charge < -0.3 is 14.6 Å². The van der Waals surface area contributed by atoms with Gasteiger partial charge in [0.1, 0.15) is 0 Å². The Morgan fingerprint density at radius 3 is 2.15 bits per heavy atom. The van der Waals surface area contributed by atoms with Crippen LogP contribution in [0.25, 0.3) is 0 Å². The van der Waals surface area contributed by atoms with Gasteiger partial charge in [-0.15, -0.1) is 0 Å². The van der Waals surface area contributed by atoms with Crippen molar-refractivity contribution in [2.24, 2.45) is 5.41 Å². The summed E-state index contributed by atoms with van der Waals surface area (Å²) in [6.45, 7) is 9.26. The van der Waals surface area contributed by atoms with Crippen LogP contribution in [-0.2, 0) is 9.47 Å². The van der Waals surface area contributed by atoms with Gasteiger partial charge in [-0.25, -0.2) is 0 Å². The van der Waals surface area contributed by atoms with Crippen LogP contribution >= 0.6 is 0 Å². The van der Waals surface area contributed by atoms with E-state index >= 15 is 0 Å². The van der Waals surface area contributed by atoms with E-state index in [4.69, 9.17) is 14.6 Å². The van der Waals surface area contributed by atoms with Crippen LogP contribution in [0.1, 0.15) is 27.2 Å². The zero-order valence-corrected chi connectivity index (χ0v) is 9.01. The minimum absolute atomic E-state index is 0.197. The van der Waals surface area contributed by atoms with Gasteiger partial charge in [0.05, 0.1) is 19.8 Å². The third-order valence-corrected chi connectivity index (χ3v) is 1.35. The Bertz CT molecular complexity index is 107. The average molecular weight is 190 g/mol. The van der Waals surface area contributed by atoms with Crippen LogP contribution in [0.5, 0.6) is 0 Å². The summed E-state index contributed by atoms with van der Waals surface area (Å²) >= 11 is 0. The first-order chi connectivity index (χ1) is 6.06. The van der Waals surface area contributed by atoms with E-state index in [0.717, 1.165) is 6.61 Å². The van der Waals surface area contributed by atoms with E-state index in [2.05, 4.69) is 20.8 Å². The Kier molecular flexibility index (Phi) is 7.23. The largest absolute Gasteiger partial charge is 0.396 e. The molecule has 0 spiro atoms. The van der Waals surface area contributed by atoms with Gasteiger partial charge in [-0.2, -0.15) is 0 Å². The fraction of sp³-hybridized carbons (Fsp3) is 1.00. The second-order valence-electron chi connectivity index (χ2n) is 4.30. The van der Waals surface area contributed by atoms with Gasteiger partial charge >= 0.3 is 0 Å². The summed E-state index contributed by atoms with van der Waals surface area (Å²) in [4.78, 5) is 0. The fourth-order valence-electron chi connectivity index (χ4n) is 0.765. The molecule has 1 N–H and O–H groups in total. The van der Waals surface area contributed by atoms with Crippen molar-refractivity contribution in [1.82, 2.24) is 0 Å². The molecule has 0 rings (SSSR count). The zero-order valence-electron chi connectivity index (χ0n) is 9.01. The minimum Gasteiger partial charge on any atom is -0.396 e. The van der Waals surface area contributed by atoms with Gasteiger partial charge in [0, 0.05) is 13.2 Å².